The number of rotatable bonds is 9. The fraction of sp³-hybridized carbons (Fsp3) is 0.938. The molecule has 0 radical (unpaired) electrons. The van der Waals surface area contributed by atoms with Gasteiger partial charge in [0.05, 0.1) is 0 Å². The Bertz CT molecular complexity index is 348. The first-order chi connectivity index (χ1) is 9.35. The molecule has 2 aliphatic rings. The van der Waals surface area contributed by atoms with E-state index in [9.17, 15) is 9.90 Å². The molecule has 1 unspecified atom stereocenters. The topological polar surface area (TPSA) is 52.6 Å². The maximum absolute atomic E-state index is 12.0. The monoisotopic (exact) mass is 282 g/mol. The van der Waals surface area contributed by atoms with Crippen molar-refractivity contribution in [3.05, 3.63) is 0 Å². The maximum Gasteiger partial charge on any atom is 0.325 e. The van der Waals surface area contributed by atoms with Crippen LogP contribution in [-0.4, -0.2) is 46.7 Å². The maximum atomic E-state index is 12.0. The Balaban J connectivity index is 2.13. The number of carboxylic acids is 1. The van der Waals surface area contributed by atoms with Gasteiger partial charge in [0.2, 0.25) is 0 Å². The Morgan fingerprint density at radius 1 is 1.25 bits per heavy atom. The van der Waals surface area contributed by atoms with Gasteiger partial charge in [-0.25, -0.2) is 0 Å². The van der Waals surface area contributed by atoms with Crippen molar-refractivity contribution in [1.82, 2.24) is 10.2 Å². The molecule has 2 fully saturated rings. The first-order valence-electron chi connectivity index (χ1n) is 8.10. The van der Waals surface area contributed by atoms with E-state index < -0.39 is 11.5 Å². The minimum Gasteiger partial charge on any atom is -0.480 e. The largest absolute Gasteiger partial charge is 0.480 e. The number of nitrogens with one attached hydrogen (secondary N) is 1. The van der Waals surface area contributed by atoms with Crippen molar-refractivity contribution in [2.75, 3.05) is 13.1 Å². The summed E-state index contributed by atoms with van der Waals surface area (Å²) in [4.78, 5) is 14.4. The summed E-state index contributed by atoms with van der Waals surface area (Å²) in [6, 6.07) is 0.601. The number of hydrogen-bond donors (Lipinski definition) is 2. The molecule has 0 spiro atoms. The predicted molar refractivity (Wildman–Crippen MR) is 80.8 cm³/mol. The standard InChI is InChI=1S/C16H30N2O2/c1-11(2)17-16(15(19)20,14-7-8-14)10-18(12(3)4)9-13-5-6-13/h11-14,17H,5-10H2,1-4H3,(H,19,20). The van der Waals surface area contributed by atoms with E-state index in [0.29, 0.717) is 18.5 Å². The van der Waals surface area contributed by atoms with E-state index in [4.69, 9.17) is 0 Å². The molecule has 0 aliphatic heterocycles. The lowest BCUT2D eigenvalue weighted by atomic mass is 9.90. The van der Waals surface area contributed by atoms with Crippen molar-refractivity contribution in [2.45, 2.75) is 71.0 Å². The van der Waals surface area contributed by atoms with Gasteiger partial charge in [-0.2, -0.15) is 0 Å². The summed E-state index contributed by atoms with van der Waals surface area (Å²) >= 11 is 0. The van der Waals surface area contributed by atoms with Gasteiger partial charge in [0.1, 0.15) is 5.54 Å². The van der Waals surface area contributed by atoms with E-state index in [1.54, 1.807) is 0 Å². The van der Waals surface area contributed by atoms with Gasteiger partial charge in [0, 0.05) is 25.2 Å². The smallest absolute Gasteiger partial charge is 0.325 e. The molecule has 0 aromatic carbocycles. The molecule has 0 aromatic heterocycles. The lowest BCUT2D eigenvalue weighted by molar-refractivity contribution is -0.147. The van der Waals surface area contributed by atoms with Gasteiger partial charge in [-0.3, -0.25) is 15.0 Å². The first kappa shape index (κ1) is 15.8. The van der Waals surface area contributed by atoms with Gasteiger partial charge >= 0.3 is 5.97 Å². The van der Waals surface area contributed by atoms with Crippen molar-refractivity contribution >= 4 is 5.97 Å². The minimum atomic E-state index is -0.757. The van der Waals surface area contributed by atoms with E-state index in [1.807, 2.05) is 13.8 Å². The zero-order chi connectivity index (χ0) is 14.9. The van der Waals surface area contributed by atoms with Crippen LogP contribution in [-0.2, 0) is 4.79 Å². The van der Waals surface area contributed by atoms with Crippen LogP contribution in [0.4, 0.5) is 0 Å². The summed E-state index contributed by atoms with van der Waals surface area (Å²) in [6.07, 6.45) is 4.71. The van der Waals surface area contributed by atoms with Crippen molar-refractivity contribution in [3.8, 4) is 0 Å². The van der Waals surface area contributed by atoms with Gasteiger partial charge in [0.25, 0.3) is 0 Å². The third kappa shape index (κ3) is 3.73. The summed E-state index contributed by atoms with van der Waals surface area (Å²) in [5.41, 5.74) is -0.757. The second kappa shape index (κ2) is 6.02. The molecule has 20 heavy (non-hydrogen) atoms. The SMILES string of the molecule is CC(C)NC(CN(CC1CC1)C(C)C)(C(=O)O)C1CC1. The van der Waals surface area contributed by atoms with Crippen LogP contribution in [0, 0.1) is 11.8 Å². The molecule has 2 saturated carbocycles. The quantitative estimate of drug-likeness (QED) is 0.681. The predicted octanol–water partition coefficient (Wildman–Crippen LogP) is 2.34. The average Bonchev–Trinajstić information content (AvgIpc) is 3.19. The van der Waals surface area contributed by atoms with E-state index >= 15 is 0 Å². The fourth-order valence-corrected chi connectivity index (χ4v) is 3.10. The molecule has 0 amide bonds. The summed E-state index contributed by atoms with van der Waals surface area (Å²) in [5, 5.41) is 13.3. The Labute approximate surface area is 122 Å². The summed E-state index contributed by atoms with van der Waals surface area (Å²) in [7, 11) is 0. The third-order valence-electron chi connectivity index (χ3n) is 4.57. The molecule has 0 bridgehead atoms. The number of hydrogen-bond acceptors (Lipinski definition) is 3. The van der Waals surface area contributed by atoms with Crippen LogP contribution < -0.4 is 5.32 Å². The van der Waals surface area contributed by atoms with Crippen LogP contribution in [0.3, 0.4) is 0 Å². The van der Waals surface area contributed by atoms with Crippen LogP contribution in [0.25, 0.3) is 0 Å². The van der Waals surface area contributed by atoms with E-state index in [-0.39, 0.29) is 6.04 Å². The molecule has 4 heteroatoms. The lowest BCUT2D eigenvalue weighted by Gasteiger charge is -2.39. The van der Waals surface area contributed by atoms with Gasteiger partial charge in [-0.15, -0.1) is 0 Å². The second-order valence-electron chi connectivity index (χ2n) is 7.32. The average molecular weight is 282 g/mol. The third-order valence-corrected chi connectivity index (χ3v) is 4.57. The summed E-state index contributed by atoms with van der Waals surface area (Å²) < 4.78 is 0. The lowest BCUT2D eigenvalue weighted by Crippen LogP contribution is -2.63. The van der Waals surface area contributed by atoms with Crippen molar-refractivity contribution in [3.63, 3.8) is 0 Å². The second-order valence-corrected chi connectivity index (χ2v) is 7.32. The molecular weight excluding hydrogens is 252 g/mol. The molecule has 116 valence electrons. The van der Waals surface area contributed by atoms with Crippen LogP contribution in [0.15, 0.2) is 0 Å². The zero-order valence-corrected chi connectivity index (χ0v) is 13.4. The Morgan fingerprint density at radius 2 is 1.85 bits per heavy atom. The Morgan fingerprint density at radius 3 is 2.20 bits per heavy atom. The van der Waals surface area contributed by atoms with Crippen molar-refractivity contribution < 1.29 is 9.90 Å². The van der Waals surface area contributed by atoms with E-state index in [2.05, 4.69) is 24.1 Å². The van der Waals surface area contributed by atoms with Gasteiger partial charge in [-0.1, -0.05) is 0 Å². The highest BCUT2D eigenvalue weighted by Crippen LogP contribution is 2.41. The highest BCUT2D eigenvalue weighted by atomic mass is 16.4. The van der Waals surface area contributed by atoms with Gasteiger partial charge in [0.15, 0.2) is 0 Å². The number of nitrogens with zero attached hydrogens (tertiary/aromatic N) is 1. The van der Waals surface area contributed by atoms with E-state index in [1.165, 1.54) is 12.8 Å². The number of carbonyl (C=O) groups is 1. The highest BCUT2D eigenvalue weighted by molar-refractivity contribution is 5.80. The zero-order valence-electron chi connectivity index (χ0n) is 13.4. The Kier molecular flexibility index (Phi) is 4.75. The van der Waals surface area contributed by atoms with Crippen LogP contribution >= 0.6 is 0 Å². The first-order valence-corrected chi connectivity index (χ1v) is 8.10. The normalized spacial score (nSPS) is 22.6. The Hall–Kier alpha value is -0.610. The molecule has 2 aliphatic carbocycles. The van der Waals surface area contributed by atoms with Gasteiger partial charge < -0.3 is 5.11 Å². The minimum absolute atomic E-state index is 0.196. The molecule has 4 nitrogen and oxygen atoms in total. The number of aliphatic carboxylic acids is 1. The van der Waals surface area contributed by atoms with Crippen LogP contribution in [0.2, 0.25) is 0 Å². The van der Waals surface area contributed by atoms with Crippen molar-refractivity contribution in [1.29, 1.82) is 0 Å². The fourth-order valence-electron chi connectivity index (χ4n) is 3.10. The molecule has 0 aromatic rings. The molecular formula is C16H30N2O2. The molecule has 1 atom stereocenters. The number of carboxylic acid groups (broad SMARTS) is 1. The molecule has 2 rings (SSSR count). The molecule has 2 N–H and O–H groups in total. The molecule has 0 saturated heterocycles. The van der Waals surface area contributed by atoms with Crippen LogP contribution in [0.1, 0.15) is 53.4 Å². The highest BCUT2D eigenvalue weighted by Gasteiger charge is 2.52. The van der Waals surface area contributed by atoms with E-state index in [0.717, 1.165) is 25.3 Å². The summed E-state index contributed by atoms with van der Waals surface area (Å²) in [6.45, 7) is 10.1. The van der Waals surface area contributed by atoms with Crippen LogP contribution in [0.5, 0.6) is 0 Å². The summed E-state index contributed by atoms with van der Waals surface area (Å²) in [5.74, 6) is 0.417. The van der Waals surface area contributed by atoms with Gasteiger partial charge in [-0.05, 0) is 65.2 Å². The molecule has 0 heterocycles. The van der Waals surface area contributed by atoms with Crippen molar-refractivity contribution in [2.24, 2.45) is 11.8 Å².